The maximum Gasteiger partial charge on any atom is 0.255 e. The second-order valence-electron chi connectivity index (χ2n) is 4.46. The molecule has 1 atom stereocenters. The Balaban J connectivity index is 1.94. The van der Waals surface area contributed by atoms with Gasteiger partial charge < -0.3 is 4.42 Å². The molecular formula is C14H10F2O2. The Labute approximate surface area is 102 Å². The van der Waals surface area contributed by atoms with E-state index in [1.165, 1.54) is 0 Å². The van der Waals surface area contributed by atoms with E-state index in [-0.39, 0.29) is 12.2 Å². The topological polar surface area (TPSA) is 30.2 Å². The van der Waals surface area contributed by atoms with Crippen molar-refractivity contribution >= 4 is 6.29 Å². The second-order valence-corrected chi connectivity index (χ2v) is 4.46. The van der Waals surface area contributed by atoms with Gasteiger partial charge in [0.1, 0.15) is 5.76 Å². The summed E-state index contributed by atoms with van der Waals surface area (Å²) in [6, 6.07) is 10.1. The molecule has 2 nitrogen and oxygen atoms in total. The summed E-state index contributed by atoms with van der Waals surface area (Å²) in [7, 11) is 0. The highest BCUT2D eigenvalue weighted by Crippen LogP contribution is 2.55. The minimum atomic E-state index is -2.57. The highest BCUT2D eigenvalue weighted by Gasteiger charge is 2.57. The van der Waals surface area contributed by atoms with Crippen LogP contribution in [0.5, 0.6) is 0 Å². The van der Waals surface area contributed by atoms with Crippen molar-refractivity contribution in [2.24, 2.45) is 0 Å². The Morgan fingerprint density at radius 1 is 1.28 bits per heavy atom. The molecule has 18 heavy (non-hydrogen) atoms. The predicted molar refractivity (Wildman–Crippen MR) is 61.8 cm³/mol. The molecule has 1 unspecified atom stereocenters. The fourth-order valence-electron chi connectivity index (χ4n) is 2.05. The number of alkyl halides is 2. The van der Waals surface area contributed by atoms with Gasteiger partial charge in [0.05, 0.1) is 5.92 Å². The van der Waals surface area contributed by atoms with Gasteiger partial charge in [0.25, 0.3) is 5.92 Å². The SMILES string of the molecule is O=Cc1ccc(-c2cccc(C3CC3(F)F)c2)o1. The molecule has 0 amide bonds. The fraction of sp³-hybridized carbons (Fsp3) is 0.214. The van der Waals surface area contributed by atoms with E-state index >= 15 is 0 Å². The summed E-state index contributed by atoms with van der Waals surface area (Å²) in [5, 5.41) is 0. The lowest BCUT2D eigenvalue weighted by atomic mass is 10.1. The maximum absolute atomic E-state index is 13.0. The van der Waals surface area contributed by atoms with Crippen molar-refractivity contribution in [2.75, 3.05) is 0 Å². The quantitative estimate of drug-likeness (QED) is 0.771. The Morgan fingerprint density at radius 2 is 2.06 bits per heavy atom. The van der Waals surface area contributed by atoms with Crippen LogP contribution in [0.25, 0.3) is 11.3 Å². The minimum absolute atomic E-state index is 0.0891. The molecule has 2 aromatic rings. The van der Waals surface area contributed by atoms with E-state index in [2.05, 4.69) is 0 Å². The number of benzene rings is 1. The van der Waals surface area contributed by atoms with Crippen LogP contribution in [0, 0.1) is 0 Å². The summed E-state index contributed by atoms with van der Waals surface area (Å²) in [6.07, 6.45) is 0.524. The fourth-order valence-corrected chi connectivity index (χ4v) is 2.05. The van der Waals surface area contributed by atoms with Gasteiger partial charge in [-0.2, -0.15) is 0 Å². The van der Waals surface area contributed by atoms with Gasteiger partial charge in [-0.25, -0.2) is 8.78 Å². The molecule has 1 heterocycles. The van der Waals surface area contributed by atoms with Gasteiger partial charge in [0, 0.05) is 12.0 Å². The van der Waals surface area contributed by atoms with Crippen molar-refractivity contribution in [1.29, 1.82) is 0 Å². The molecule has 4 heteroatoms. The van der Waals surface area contributed by atoms with Crippen LogP contribution in [-0.2, 0) is 0 Å². The third-order valence-corrected chi connectivity index (χ3v) is 3.14. The lowest BCUT2D eigenvalue weighted by molar-refractivity contribution is 0.109. The molecule has 1 aliphatic carbocycles. The molecule has 0 N–H and O–H groups in total. The molecule has 1 aliphatic rings. The second kappa shape index (κ2) is 3.77. The van der Waals surface area contributed by atoms with E-state index < -0.39 is 11.8 Å². The summed E-state index contributed by atoms with van der Waals surface area (Å²) in [5.74, 6) is -2.51. The van der Waals surface area contributed by atoms with Crippen molar-refractivity contribution in [3.8, 4) is 11.3 Å². The molecule has 0 aliphatic heterocycles. The summed E-state index contributed by atoms with van der Waals surface area (Å²) >= 11 is 0. The van der Waals surface area contributed by atoms with Gasteiger partial charge >= 0.3 is 0 Å². The van der Waals surface area contributed by atoms with Crippen molar-refractivity contribution < 1.29 is 18.0 Å². The van der Waals surface area contributed by atoms with Gasteiger partial charge in [0.15, 0.2) is 12.0 Å². The average Bonchev–Trinajstić information content (AvgIpc) is 2.80. The van der Waals surface area contributed by atoms with E-state index in [0.29, 0.717) is 23.2 Å². The van der Waals surface area contributed by atoms with E-state index in [1.54, 1.807) is 36.4 Å². The van der Waals surface area contributed by atoms with Crippen molar-refractivity contribution in [2.45, 2.75) is 18.3 Å². The lowest BCUT2D eigenvalue weighted by Crippen LogP contribution is -1.92. The van der Waals surface area contributed by atoms with Gasteiger partial charge in [-0.05, 0) is 23.8 Å². The Kier molecular flexibility index (Phi) is 2.33. The molecule has 3 rings (SSSR count). The van der Waals surface area contributed by atoms with Gasteiger partial charge in [-0.3, -0.25) is 4.79 Å². The summed E-state index contributed by atoms with van der Waals surface area (Å²) in [6.45, 7) is 0. The zero-order chi connectivity index (χ0) is 12.8. The van der Waals surface area contributed by atoms with E-state index in [4.69, 9.17) is 4.42 Å². The first kappa shape index (κ1) is 11.1. The van der Waals surface area contributed by atoms with Crippen LogP contribution in [0.15, 0.2) is 40.8 Å². The van der Waals surface area contributed by atoms with Crippen molar-refractivity contribution in [3.63, 3.8) is 0 Å². The Bertz CT molecular complexity index is 601. The zero-order valence-corrected chi connectivity index (χ0v) is 9.40. The van der Waals surface area contributed by atoms with Gasteiger partial charge in [-0.15, -0.1) is 0 Å². The van der Waals surface area contributed by atoms with Crippen LogP contribution in [-0.4, -0.2) is 12.2 Å². The monoisotopic (exact) mass is 248 g/mol. The van der Waals surface area contributed by atoms with Crippen LogP contribution >= 0.6 is 0 Å². The van der Waals surface area contributed by atoms with Gasteiger partial charge in [0.2, 0.25) is 0 Å². The average molecular weight is 248 g/mol. The number of carbonyl (C=O) groups excluding carboxylic acids is 1. The molecule has 1 aromatic carbocycles. The molecule has 0 radical (unpaired) electrons. The third-order valence-electron chi connectivity index (χ3n) is 3.14. The van der Waals surface area contributed by atoms with Crippen LogP contribution < -0.4 is 0 Å². The molecule has 0 saturated heterocycles. The molecule has 92 valence electrons. The first-order chi connectivity index (χ1) is 8.60. The van der Waals surface area contributed by atoms with Crippen LogP contribution in [0.4, 0.5) is 8.78 Å². The third kappa shape index (κ3) is 1.83. The van der Waals surface area contributed by atoms with Crippen LogP contribution in [0.3, 0.4) is 0 Å². The first-order valence-electron chi connectivity index (χ1n) is 5.63. The molecule has 1 saturated carbocycles. The van der Waals surface area contributed by atoms with Crippen molar-refractivity contribution in [3.05, 3.63) is 47.7 Å². The largest absolute Gasteiger partial charge is 0.453 e. The zero-order valence-electron chi connectivity index (χ0n) is 9.40. The number of carbonyl (C=O) groups is 1. The van der Waals surface area contributed by atoms with E-state index in [9.17, 15) is 13.6 Å². The predicted octanol–water partition coefficient (Wildman–Crippen LogP) is 3.88. The number of furan rings is 1. The van der Waals surface area contributed by atoms with E-state index in [1.807, 2.05) is 0 Å². The van der Waals surface area contributed by atoms with Gasteiger partial charge in [-0.1, -0.05) is 18.2 Å². The summed E-state index contributed by atoms with van der Waals surface area (Å²) < 4.78 is 31.3. The molecule has 1 fully saturated rings. The summed E-state index contributed by atoms with van der Waals surface area (Å²) in [5.41, 5.74) is 1.32. The smallest absolute Gasteiger partial charge is 0.255 e. The minimum Gasteiger partial charge on any atom is -0.453 e. The molecule has 0 bridgehead atoms. The number of aldehydes is 1. The number of hydrogen-bond donors (Lipinski definition) is 0. The van der Waals surface area contributed by atoms with Crippen LogP contribution in [0.2, 0.25) is 0 Å². The van der Waals surface area contributed by atoms with Crippen LogP contribution in [0.1, 0.15) is 28.5 Å². The standard InChI is InChI=1S/C14H10F2O2/c15-14(16)7-12(14)9-2-1-3-10(6-9)13-5-4-11(8-17)18-13/h1-6,8,12H,7H2. The normalized spacial score (nSPS) is 20.7. The molecule has 0 spiro atoms. The maximum atomic E-state index is 13.0. The Morgan fingerprint density at radius 3 is 2.67 bits per heavy atom. The summed E-state index contributed by atoms with van der Waals surface area (Å²) in [4.78, 5) is 10.5. The van der Waals surface area contributed by atoms with E-state index in [0.717, 1.165) is 0 Å². The molecule has 1 aromatic heterocycles. The Hall–Kier alpha value is -1.97. The number of hydrogen-bond acceptors (Lipinski definition) is 2. The number of halogens is 2. The highest BCUT2D eigenvalue weighted by molar-refractivity contribution is 5.72. The highest BCUT2D eigenvalue weighted by atomic mass is 19.3. The number of rotatable bonds is 3. The lowest BCUT2D eigenvalue weighted by Gasteiger charge is -2.02. The molecular weight excluding hydrogens is 238 g/mol. The first-order valence-corrected chi connectivity index (χ1v) is 5.63. The van der Waals surface area contributed by atoms with Crippen molar-refractivity contribution in [1.82, 2.24) is 0 Å².